The lowest BCUT2D eigenvalue weighted by Gasteiger charge is -2.03. The number of aliphatic carboxylic acids is 1. The molecule has 0 spiro atoms. The van der Waals surface area contributed by atoms with Gasteiger partial charge in [0.1, 0.15) is 6.04 Å². The van der Waals surface area contributed by atoms with E-state index in [-0.39, 0.29) is 0 Å². The fraction of sp³-hybridized carbons (Fsp3) is 0.429. The monoisotopic (exact) mass is 169 g/mol. The predicted octanol–water partition coefficient (Wildman–Crippen LogP) is -0.246. The van der Waals surface area contributed by atoms with Crippen LogP contribution in [0, 0.1) is 0 Å². The third-order valence-electron chi connectivity index (χ3n) is 1.62. The van der Waals surface area contributed by atoms with Crippen LogP contribution < -0.4 is 5.73 Å². The lowest BCUT2D eigenvalue weighted by atomic mass is 10.1. The summed E-state index contributed by atoms with van der Waals surface area (Å²) >= 11 is 0. The fourth-order valence-corrected chi connectivity index (χ4v) is 0.860. The van der Waals surface area contributed by atoms with Gasteiger partial charge in [0.15, 0.2) is 0 Å². The molecule has 5 heteroatoms. The van der Waals surface area contributed by atoms with Crippen molar-refractivity contribution in [2.24, 2.45) is 5.73 Å². The van der Waals surface area contributed by atoms with Gasteiger partial charge in [-0.1, -0.05) is 0 Å². The number of hydrogen-bond donors (Lipinski definition) is 3. The number of aryl methyl sites for hydroxylation is 1. The van der Waals surface area contributed by atoms with Crippen LogP contribution in [0.3, 0.4) is 0 Å². The number of carbonyl (C=O) groups is 1. The van der Waals surface area contributed by atoms with Gasteiger partial charge in [-0.2, -0.15) is 5.10 Å². The minimum Gasteiger partial charge on any atom is -0.480 e. The highest BCUT2D eigenvalue weighted by Crippen LogP contribution is 2.00. The molecule has 0 bridgehead atoms. The molecule has 0 aliphatic carbocycles. The molecule has 1 unspecified atom stereocenters. The Bertz CT molecular complexity index is 245. The van der Waals surface area contributed by atoms with Gasteiger partial charge in [-0.25, -0.2) is 0 Å². The quantitative estimate of drug-likeness (QED) is 0.579. The third-order valence-corrected chi connectivity index (χ3v) is 1.62. The van der Waals surface area contributed by atoms with Gasteiger partial charge < -0.3 is 10.8 Å². The summed E-state index contributed by atoms with van der Waals surface area (Å²) < 4.78 is 0. The summed E-state index contributed by atoms with van der Waals surface area (Å²) in [5.74, 6) is -0.960. The summed E-state index contributed by atoms with van der Waals surface area (Å²) in [6.45, 7) is 0. The Kier molecular flexibility index (Phi) is 2.82. The average molecular weight is 169 g/mol. The molecule has 1 aromatic rings. The molecule has 12 heavy (non-hydrogen) atoms. The summed E-state index contributed by atoms with van der Waals surface area (Å²) in [4.78, 5) is 10.3. The van der Waals surface area contributed by atoms with Crippen LogP contribution in [0.5, 0.6) is 0 Å². The summed E-state index contributed by atoms with van der Waals surface area (Å²) in [5, 5.41) is 14.8. The molecule has 0 aliphatic heterocycles. The molecular formula is C7H11N3O2. The topological polar surface area (TPSA) is 92.0 Å². The first kappa shape index (κ1) is 8.73. The predicted molar refractivity (Wildman–Crippen MR) is 42.5 cm³/mol. The molecule has 0 radical (unpaired) electrons. The second-order valence-corrected chi connectivity index (χ2v) is 2.59. The van der Waals surface area contributed by atoms with Crippen molar-refractivity contribution < 1.29 is 9.90 Å². The Morgan fingerprint density at radius 2 is 2.58 bits per heavy atom. The van der Waals surface area contributed by atoms with Crippen LogP contribution in [-0.2, 0) is 11.2 Å². The lowest BCUT2D eigenvalue weighted by molar-refractivity contribution is -0.138. The number of nitrogens with two attached hydrogens (primary N) is 1. The molecule has 0 amide bonds. The molecule has 0 aliphatic rings. The maximum atomic E-state index is 10.3. The Balaban J connectivity index is 2.31. The van der Waals surface area contributed by atoms with E-state index in [9.17, 15) is 4.79 Å². The van der Waals surface area contributed by atoms with Crippen molar-refractivity contribution in [3.05, 3.63) is 18.0 Å². The first-order valence-corrected chi connectivity index (χ1v) is 3.66. The Labute approximate surface area is 69.6 Å². The van der Waals surface area contributed by atoms with Crippen molar-refractivity contribution in [2.75, 3.05) is 0 Å². The van der Waals surface area contributed by atoms with Crippen LogP contribution in [0.4, 0.5) is 0 Å². The smallest absolute Gasteiger partial charge is 0.320 e. The minimum absolute atomic E-state index is 0.439. The standard InChI is InChI=1S/C7H11N3O2/c8-6(7(11)12)2-1-5-3-9-10-4-5/h3-4,6H,1-2,8H2,(H,9,10)(H,11,12). The molecule has 0 saturated carbocycles. The Morgan fingerprint density at radius 3 is 3.08 bits per heavy atom. The molecule has 1 heterocycles. The van der Waals surface area contributed by atoms with Crippen molar-refractivity contribution in [1.29, 1.82) is 0 Å². The number of carboxylic acids is 1. The van der Waals surface area contributed by atoms with Gasteiger partial charge in [0.2, 0.25) is 0 Å². The third kappa shape index (κ3) is 2.35. The van der Waals surface area contributed by atoms with Gasteiger partial charge in [0, 0.05) is 6.20 Å². The van der Waals surface area contributed by atoms with Gasteiger partial charge >= 0.3 is 5.97 Å². The zero-order valence-corrected chi connectivity index (χ0v) is 6.53. The van der Waals surface area contributed by atoms with Crippen LogP contribution in [0.25, 0.3) is 0 Å². The lowest BCUT2D eigenvalue weighted by Crippen LogP contribution is -2.30. The average Bonchev–Trinajstić information content (AvgIpc) is 2.51. The number of hydrogen-bond acceptors (Lipinski definition) is 3. The van der Waals surface area contributed by atoms with Crippen molar-refractivity contribution in [1.82, 2.24) is 10.2 Å². The summed E-state index contributed by atoms with van der Waals surface area (Å²) in [5.41, 5.74) is 6.28. The molecular weight excluding hydrogens is 158 g/mol. The molecule has 1 rings (SSSR count). The van der Waals surface area contributed by atoms with E-state index in [1.165, 1.54) is 0 Å². The highest BCUT2D eigenvalue weighted by atomic mass is 16.4. The van der Waals surface area contributed by atoms with Crippen LogP contribution in [0.2, 0.25) is 0 Å². The van der Waals surface area contributed by atoms with E-state index in [2.05, 4.69) is 10.2 Å². The number of aromatic nitrogens is 2. The van der Waals surface area contributed by atoms with Gasteiger partial charge in [0.25, 0.3) is 0 Å². The van der Waals surface area contributed by atoms with Gasteiger partial charge in [-0.15, -0.1) is 0 Å². The summed E-state index contributed by atoms with van der Waals surface area (Å²) in [7, 11) is 0. The van der Waals surface area contributed by atoms with Crippen molar-refractivity contribution in [3.8, 4) is 0 Å². The second-order valence-electron chi connectivity index (χ2n) is 2.59. The zero-order valence-electron chi connectivity index (χ0n) is 6.53. The first-order chi connectivity index (χ1) is 5.70. The van der Waals surface area contributed by atoms with Crippen LogP contribution >= 0.6 is 0 Å². The maximum absolute atomic E-state index is 10.3. The van der Waals surface area contributed by atoms with E-state index in [1.807, 2.05) is 0 Å². The zero-order chi connectivity index (χ0) is 8.97. The van der Waals surface area contributed by atoms with Gasteiger partial charge in [-0.05, 0) is 18.4 Å². The second kappa shape index (κ2) is 3.87. The van der Waals surface area contributed by atoms with E-state index >= 15 is 0 Å². The fourth-order valence-electron chi connectivity index (χ4n) is 0.860. The van der Waals surface area contributed by atoms with E-state index in [0.29, 0.717) is 12.8 Å². The number of H-pyrrole nitrogens is 1. The normalized spacial score (nSPS) is 12.8. The number of rotatable bonds is 4. The number of carboxylic acid groups (broad SMARTS) is 1. The molecule has 1 aromatic heterocycles. The summed E-state index contributed by atoms with van der Waals surface area (Å²) in [6.07, 6.45) is 4.47. The molecule has 1 atom stereocenters. The number of nitrogens with zero attached hydrogens (tertiary/aromatic N) is 1. The summed E-state index contributed by atoms with van der Waals surface area (Å²) in [6, 6.07) is -0.778. The molecule has 66 valence electrons. The first-order valence-electron chi connectivity index (χ1n) is 3.66. The van der Waals surface area contributed by atoms with E-state index in [0.717, 1.165) is 5.56 Å². The molecule has 0 saturated heterocycles. The van der Waals surface area contributed by atoms with E-state index < -0.39 is 12.0 Å². The Morgan fingerprint density at radius 1 is 1.83 bits per heavy atom. The number of nitrogens with one attached hydrogen (secondary N) is 1. The van der Waals surface area contributed by atoms with Crippen molar-refractivity contribution in [2.45, 2.75) is 18.9 Å². The van der Waals surface area contributed by atoms with E-state index in [4.69, 9.17) is 10.8 Å². The van der Waals surface area contributed by atoms with Crippen LogP contribution in [-0.4, -0.2) is 27.3 Å². The molecule has 0 fully saturated rings. The highest BCUT2D eigenvalue weighted by molar-refractivity contribution is 5.73. The van der Waals surface area contributed by atoms with Gasteiger partial charge in [0.05, 0.1) is 6.20 Å². The largest absolute Gasteiger partial charge is 0.480 e. The molecule has 0 aromatic carbocycles. The molecule has 4 N–H and O–H groups in total. The number of aromatic amines is 1. The van der Waals surface area contributed by atoms with E-state index in [1.54, 1.807) is 12.4 Å². The SMILES string of the molecule is NC(CCc1cn[nH]c1)C(=O)O. The van der Waals surface area contributed by atoms with Crippen LogP contribution in [0.15, 0.2) is 12.4 Å². The van der Waals surface area contributed by atoms with Crippen molar-refractivity contribution in [3.63, 3.8) is 0 Å². The highest BCUT2D eigenvalue weighted by Gasteiger charge is 2.10. The minimum atomic E-state index is -0.960. The molecule has 5 nitrogen and oxygen atoms in total. The van der Waals surface area contributed by atoms with Crippen molar-refractivity contribution >= 4 is 5.97 Å². The van der Waals surface area contributed by atoms with Gasteiger partial charge in [-0.3, -0.25) is 9.89 Å². The van der Waals surface area contributed by atoms with Crippen LogP contribution in [0.1, 0.15) is 12.0 Å². The Hall–Kier alpha value is -1.36. The maximum Gasteiger partial charge on any atom is 0.320 e.